The van der Waals surface area contributed by atoms with Crippen molar-refractivity contribution in [1.29, 1.82) is 0 Å². The van der Waals surface area contributed by atoms with E-state index in [0.717, 1.165) is 18.4 Å². The molecule has 94 valence electrons. The zero-order chi connectivity index (χ0) is 12.3. The second-order valence-electron chi connectivity index (χ2n) is 4.05. The van der Waals surface area contributed by atoms with Crippen molar-refractivity contribution >= 4 is 17.1 Å². The first-order valence-corrected chi connectivity index (χ1v) is 6.99. The van der Waals surface area contributed by atoms with Gasteiger partial charge in [0.25, 0.3) is 0 Å². The van der Waals surface area contributed by atoms with Crippen molar-refractivity contribution in [1.82, 2.24) is 0 Å². The van der Waals surface area contributed by atoms with Gasteiger partial charge in [-0.2, -0.15) is 0 Å². The van der Waals surface area contributed by atoms with Crippen molar-refractivity contribution < 1.29 is 14.3 Å². The van der Waals surface area contributed by atoms with Gasteiger partial charge >= 0.3 is 0 Å². The van der Waals surface area contributed by atoms with E-state index in [9.17, 15) is 4.79 Å². The first kappa shape index (κ1) is 12.7. The predicted octanol–water partition coefficient (Wildman–Crippen LogP) is 2.89. The fourth-order valence-corrected chi connectivity index (χ4v) is 3.14. The quantitative estimate of drug-likeness (QED) is 0.758. The van der Waals surface area contributed by atoms with Crippen LogP contribution in [0.15, 0.2) is 11.4 Å². The molecule has 1 atom stereocenters. The average Bonchev–Trinajstić information content (AvgIpc) is 2.78. The Bertz CT molecular complexity index is 380. The molecule has 1 aromatic rings. The van der Waals surface area contributed by atoms with E-state index in [-0.39, 0.29) is 18.0 Å². The SMILES string of the molecule is CCOC(OCC)C1CCc2sccc2C1=O. The summed E-state index contributed by atoms with van der Waals surface area (Å²) in [7, 11) is 0. The zero-order valence-electron chi connectivity index (χ0n) is 10.3. The first-order chi connectivity index (χ1) is 8.27. The number of carbonyl (C=O) groups excluding carboxylic acids is 1. The van der Waals surface area contributed by atoms with Gasteiger partial charge < -0.3 is 9.47 Å². The van der Waals surface area contributed by atoms with Crippen molar-refractivity contribution in [2.75, 3.05) is 13.2 Å². The molecule has 1 aliphatic carbocycles. The van der Waals surface area contributed by atoms with Crippen LogP contribution in [0.2, 0.25) is 0 Å². The number of carbonyl (C=O) groups is 1. The van der Waals surface area contributed by atoms with E-state index in [1.807, 2.05) is 25.3 Å². The van der Waals surface area contributed by atoms with E-state index < -0.39 is 0 Å². The van der Waals surface area contributed by atoms with Gasteiger partial charge in [-0.05, 0) is 38.1 Å². The maximum absolute atomic E-state index is 12.3. The molecule has 0 bridgehead atoms. The Kier molecular flexibility index (Phi) is 4.31. The summed E-state index contributed by atoms with van der Waals surface area (Å²) in [4.78, 5) is 13.5. The fraction of sp³-hybridized carbons (Fsp3) is 0.615. The molecule has 4 heteroatoms. The highest BCUT2D eigenvalue weighted by Crippen LogP contribution is 2.32. The number of Topliss-reactive ketones (excluding diaryl/α,β-unsaturated/α-hetero) is 1. The van der Waals surface area contributed by atoms with Gasteiger partial charge in [-0.1, -0.05) is 0 Å². The summed E-state index contributed by atoms with van der Waals surface area (Å²) in [5.74, 6) is 0.0383. The Morgan fingerprint density at radius 3 is 2.76 bits per heavy atom. The number of hydrogen-bond acceptors (Lipinski definition) is 4. The van der Waals surface area contributed by atoms with Crippen LogP contribution >= 0.6 is 11.3 Å². The Labute approximate surface area is 106 Å². The molecular formula is C13H18O3S. The second-order valence-corrected chi connectivity index (χ2v) is 5.05. The van der Waals surface area contributed by atoms with Gasteiger partial charge in [-0.3, -0.25) is 4.79 Å². The normalized spacial score (nSPS) is 19.7. The lowest BCUT2D eigenvalue weighted by atomic mass is 9.86. The molecule has 0 N–H and O–H groups in total. The van der Waals surface area contributed by atoms with E-state index in [0.29, 0.717) is 13.2 Å². The third kappa shape index (κ3) is 2.59. The fourth-order valence-electron chi connectivity index (χ4n) is 2.24. The minimum absolute atomic E-state index is 0.142. The number of ether oxygens (including phenoxy) is 2. The summed E-state index contributed by atoms with van der Waals surface area (Å²) in [6, 6.07) is 1.92. The lowest BCUT2D eigenvalue weighted by molar-refractivity contribution is -0.158. The molecule has 2 rings (SSSR count). The van der Waals surface area contributed by atoms with Gasteiger partial charge in [0.2, 0.25) is 0 Å². The molecule has 17 heavy (non-hydrogen) atoms. The molecule has 0 radical (unpaired) electrons. The third-order valence-corrected chi connectivity index (χ3v) is 4.00. The smallest absolute Gasteiger partial charge is 0.172 e. The molecular weight excluding hydrogens is 236 g/mol. The van der Waals surface area contributed by atoms with Crippen LogP contribution in [0, 0.1) is 5.92 Å². The molecule has 0 amide bonds. The highest BCUT2D eigenvalue weighted by Gasteiger charge is 2.35. The van der Waals surface area contributed by atoms with Gasteiger partial charge in [0.05, 0.1) is 5.92 Å². The topological polar surface area (TPSA) is 35.5 Å². The number of hydrogen-bond donors (Lipinski definition) is 0. The molecule has 0 fully saturated rings. The second kappa shape index (κ2) is 5.76. The molecule has 0 aromatic carbocycles. The number of aryl methyl sites for hydroxylation is 1. The van der Waals surface area contributed by atoms with Crippen molar-refractivity contribution in [3.63, 3.8) is 0 Å². The van der Waals surface area contributed by atoms with E-state index in [2.05, 4.69) is 0 Å². The Morgan fingerprint density at radius 2 is 2.12 bits per heavy atom. The molecule has 1 aliphatic rings. The summed E-state index contributed by atoms with van der Waals surface area (Å²) < 4.78 is 11.1. The van der Waals surface area contributed by atoms with E-state index in [1.165, 1.54) is 4.88 Å². The number of thiophene rings is 1. The highest BCUT2D eigenvalue weighted by atomic mass is 32.1. The molecule has 1 heterocycles. The molecule has 1 aromatic heterocycles. The Balaban J connectivity index is 2.14. The summed E-state index contributed by atoms with van der Waals surface area (Å²) in [5.41, 5.74) is 0.871. The molecule has 0 spiro atoms. The van der Waals surface area contributed by atoms with Crippen LogP contribution in [0.1, 0.15) is 35.5 Å². The van der Waals surface area contributed by atoms with Crippen LogP contribution in [0.5, 0.6) is 0 Å². The van der Waals surface area contributed by atoms with Crippen molar-refractivity contribution in [2.24, 2.45) is 5.92 Å². The molecule has 0 aliphatic heterocycles. The van der Waals surface area contributed by atoms with Crippen LogP contribution < -0.4 is 0 Å². The van der Waals surface area contributed by atoms with Crippen molar-refractivity contribution in [3.8, 4) is 0 Å². The summed E-state index contributed by atoms with van der Waals surface area (Å²) in [6.45, 7) is 5.00. The highest BCUT2D eigenvalue weighted by molar-refractivity contribution is 7.10. The molecule has 0 saturated carbocycles. The maximum Gasteiger partial charge on any atom is 0.172 e. The van der Waals surface area contributed by atoms with Gasteiger partial charge in [0, 0.05) is 23.7 Å². The summed E-state index contributed by atoms with van der Waals surface area (Å²) >= 11 is 1.67. The van der Waals surface area contributed by atoms with Gasteiger partial charge in [-0.25, -0.2) is 0 Å². The number of rotatable bonds is 5. The van der Waals surface area contributed by atoms with E-state index >= 15 is 0 Å². The minimum atomic E-state index is -0.384. The van der Waals surface area contributed by atoms with Gasteiger partial charge in [0.1, 0.15) is 0 Å². The maximum atomic E-state index is 12.3. The van der Waals surface area contributed by atoms with Crippen LogP contribution in [0.3, 0.4) is 0 Å². The van der Waals surface area contributed by atoms with Gasteiger partial charge in [-0.15, -0.1) is 11.3 Å². The lowest BCUT2D eigenvalue weighted by Gasteiger charge is -2.28. The van der Waals surface area contributed by atoms with Crippen LogP contribution in [-0.2, 0) is 15.9 Å². The first-order valence-electron chi connectivity index (χ1n) is 6.11. The summed E-state index contributed by atoms with van der Waals surface area (Å²) in [6.07, 6.45) is 1.41. The Morgan fingerprint density at radius 1 is 1.41 bits per heavy atom. The minimum Gasteiger partial charge on any atom is -0.352 e. The third-order valence-electron chi connectivity index (χ3n) is 3.02. The average molecular weight is 254 g/mol. The van der Waals surface area contributed by atoms with Crippen LogP contribution in [0.25, 0.3) is 0 Å². The monoisotopic (exact) mass is 254 g/mol. The Hall–Kier alpha value is -0.710. The van der Waals surface area contributed by atoms with E-state index in [1.54, 1.807) is 11.3 Å². The molecule has 1 unspecified atom stereocenters. The van der Waals surface area contributed by atoms with Crippen molar-refractivity contribution in [2.45, 2.75) is 33.0 Å². The number of ketones is 1. The molecule has 3 nitrogen and oxygen atoms in total. The standard InChI is InChI=1S/C13H18O3S/c1-3-15-13(16-4-2)10-5-6-11-9(12(10)14)7-8-17-11/h7-8,10,13H,3-6H2,1-2H3. The largest absolute Gasteiger partial charge is 0.352 e. The number of fused-ring (bicyclic) bond motifs is 1. The van der Waals surface area contributed by atoms with Gasteiger partial charge in [0.15, 0.2) is 12.1 Å². The lowest BCUT2D eigenvalue weighted by Crippen LogP contribution is -2.36. The predicted molar refractivity (Wildman–Crippen MR) is 67.5 cm³/mol. The molecule has 0 saturated heterocycles. The zero-order valence-corrected chi connectivity index (χ0v) is 11.1. The van der Waals surface area contributed by atoms with Crippen molar-refractivity contribution in [3.05, 3.63) is 21.9 Å². The van der Waals surface area contributed by atoms with Crippen LogP contribution in [0.4, 0.5) is 0 Å². The summed E-state index contributed by atoms with van der Waals surface area (Å²) in [5, 5.41) is 1.99. The van der Waals surface area contributed by atoms with Crippen LogP contribution in [-0.4, -0.2) is 25.3 Å². The van der Waals surface area contributed by atoms with E-state index in [4.69, 9.17) is 9.47 Å².